The quantitative estimate of drug-likeness (QED) is 0.782. The van der Waals surface area contributed by atoms with E-state index in [1.54, 1.807) is 12.1 Å². The van der Waals surface area contributed by atoms with E-state index in [2.05, 4.69) is 27.9 Å². The van der Waals surface area contributed by atoms with Gasteiger partial charge in [0.05, 0.1) is 0 Å². The molecule has 2 rings (SSSR count). The van der Waals surface area contributed by atoms with Crippen molar-refractivity contribution in [3.8, 4) is 0 Å². The fraction of sp³-hybridized carbons (Fsp3) is 0.0769. The molecule has 0 amide bonds. The molecule has 0 aliphatic rings. The number of rotatable bonds is 3. The van der Waals surface area contributed by atoms with E-state index in [1.165, 1.54) is 6.07 Å². The second kappa shape index (κ2) is 5.69. The van der Waals surface area contributed by atoms with Gasteiger partial charge in [0.25, 0.3) is 0 Å². The van der Waals surface area contributed by atoms with Gasteiger partial charge in [0, 0.05) is 26.4 Å². The number of nitrogens with one attached hydrogen (secondary N) is 1. The molecule has 0 aliphatic carbocycles. The number of halogens is 3. The van der Waals surface area contributed by atoms with Crippen LogP contribution in [0, 0.1) is 9.39 Å². The molecule has 17 heavy (non-hydrogen) atoms. The van der Waals surface area contributed by atoms with Crippen molar-refractivity contribution in [1.82, 2.24) is 0 Å². The number of hydrogen-bond donors (Lipinski definition) is 1. The molecule has 0 saturated heterocycles. The average Bonchev–Trinajstić information content (AvgIpc) is 2.31. The predicted molar refractivity (Wildman–Crippen MR) is 77.9 cm³/mol. The maximum Gasteiger partial charge on any atom is 0.129 e. The average molecular weight is 362 g/mol. The van der Waals surface area contributed by atoms with E-state index in [0.29, 0.717) is 17.1 Å². The lowest BCUT2D eigenvalue weighted by Gasteiger charge is -2.09. The first-order valence-corrected chi connectivity index (χ1v) is 6.55. The van der Waals surface area contributed by atoms with Crippen LogP contribution in [0.2, 0.25) is 5.02 Å². The van der Waals surface area contributed by atoms with Crippen molar-refractivity contribution >= 4 is 39.9 Å². The molecule has 0 spiro atoms. The molecule has 0 unspecified atom stereocenters. The molecule has 88 valence electrons. The van der Waals surface area contributed by atoms with Crippen LogP contribution < -0.4 is 5.32 Å². The maximum atomic E-state index is 13.5. The summed E-state index contributed by atoms with van der Waals surface area (Å²) in [5.41, 5.74) is 1.44. The zero-order valence-corrected chi connectivity index (χ0v) is 11.8. The van der Waals surface area contributed by atoms with E-state index in [9.17, 15) is 4.39 Å². The number of hydrogen-bond acceptors (Lipinski definition) is 1. The molecule has 2 aromatic carbocycles. The minimum Gasteiger partial charge on any atom is -0.381 e. The lowest BCUT2D eigenvalue weighted by atomic mass is 10.2. The molecule has 0 saturated carbocycles. The number of benzene rings is 2. The van der Waals surface area contributed by atoms with Gasteiger partial charge < -0.3 is 5.32 Å². The summed E-state index contributed by atoms with van der Waals surface area (Å²) in [6.07, 6.45) is 0. The van der Waals surface area contributed by atoms with Gasteiger partial charge in [-0.2, -0.15) is 0 Å². The third-order valence-electron chi connectivity index (χ3n) is 2.38. The lowest BCUT2D eigenvalue weighted by Crippen LogP contribution is -2.02. The Labute approximate surface area is 118 Å². The van der Waals surface area contributed by atoms with Crippen molar-refractivity contribution in [3.05, 3.63) is 62.4 Å². The Kier molecular flexibility index (Phi) is 4.23. The fourth-order valence-corrected chi connectivity index (χ4v) is 2.05. The molecular formula is C13H10ClFIN. The summed E-state index contributed by atoms with van der Waals surface area (Å²) < 4.78 is 14.7. The highest BCUT2D eigenvalue weighted by atomic mass is 127. The first-order valence-electron chi connectivity index (χ1n) is 5.09. The van der Waals surface area contributed by atoms with Crippen molar-refractivity contribution in [3.63, 3.8) is 0 Å². The van der Waals surface area contributed by atoms with E-state index in [-0.39, 0.29) is 5.82 Å². The third-order valence-corrected chi connectivity index (χ3v) is 3.45. The highest BCUT2D eigenvalue weighted by Gasteiger charge is 2.05. The second-order valence-corrected chi connectivity index (χ2v) is 5.21. The normalized spacial score (nSPS) is 10.3. The zero-order chi connectivity index (χ0) is 12.3. The monoisotopic (exact) mass is 361 g/mol. The van der Waals surface area contributed by atoms with E-state index in [0.717, 1.165) is 9.26 Å². The molecule has 1 N–H and O–H groups in total. The molecule has 2 aromatic rings. The van der Waals surface area contributed by atoms with E-state index < -0.39 is 0 Å². The first kappa shape index (κ1) is 12.6. The summed E-state index contributed by atoms with van der Waals surface area (Å²) in [4.78, 5) is 0. The summed E-state index contributed by atoms with van der Waals surface area (Å²) in [7, 11) is 0. The standard InChI is InChI=1S/C13H10ClFIN/c14-12-2-1-3-13(15)11(12)8-17-10-6-4-9(16)5-7-10/h1-7,17H,8H2. The molecule has 0 heterocycles. The van der Waals surface area contributed by atoms with Crippen LogP contribution >= 0.6 is 34.2 Å². The molecule has 0 aromatic heterocycles. The van der Waals surface area contributed by atoms with Gasteiger partial charge in [0.1, 0.15) is 5.82 Å². The lowest BCUT2D eigenvalue weighted by molar-refractivity contribution is 0.613. The van der Waals surface area contributed by atoms with Gasteiger partial charge in [-0.25, -0.2) is 4.39 Å². The summed E-state index contributed by atoms with van der Waals surface area (Å²) in [6, 6.07) is 12.6. The van der Waals surface area contributed by atoms with Crippen LogP contribution in [-0.4, -0.2) is 0 Å². The van der Waals surface area contributed by atoms with Crippen LogP contribution in [0.5, 0.6) is 0 Å². The Morgan fingerprint density at radius 3 is 2.47 bits per heavy atom. The second-order valence-electron chi connectivity index (χ2n) is 3.56. The van der Waals surface area contributed by atoms with Crippen LogP contribution in [0.1, 0.15) is 5.56 Å². The summed E-state index contributed by atoms with van der Waals surface area (Å²) in [5, 5.41) is 3.59. The fourth-order valence-electron chi connectivity index (χ4n) is 1.46. The topological polar surface area (TPSA) is 12.0 Å². The van der Waals surface area contributed by atoms with Crippen LogP contribution in [0.25, 0.3) is 0 Å². The molecule has 0 bridgehead atoms. The summed E-state index contributed by atoms with van der Waals surface area (Å²) in [6.45, 7) is 0.381. The highest BCUT2D eigenvalue weighted by Crippen LogP contribution is 2.20. The van der Waals surface area contributed by atoms with Gasteiger partial charge in [0.2, 0.25) is 0 Å². The zero-order valence-electron chi connectivity index (χ0n) is 8.88. The smallest absolute Gasteiger partial charge is 0.129 e. The van der Waals surface area contributed by atoms with Crippen molar-refractivity contribution < 1.29 is 4.39 Å². The van der Waals surface area contributed by atoms with Crippen LogP contribution in [0.4, 0.5) is 10.1 Å². The van der Waals surface area contributed by atoms with Crippen molar-refractivity contribution in [2.45, 2.75) is 6.54 Å². The molecular weight excluding hydrogens is 352 g/mol. The molecule has 4 heteroatoms. The van der Waals surface area contributed by atoms with Gasteiger partial charge >= 0.3 is 0 Å². The highest BCUT2D eigenvalue weighted by molar-refractivity contribution is 14.1. The van der Waals surface area contributed by atoms with Gasteiger partial charge in [-0.1, -0.05) is 17.7 Å². The van der Waals surface area contributed by atoms with Gasteiger partial charge in [-0.15, -0.1) is 0 Å². The molecule has 1 nitrogen and oxygen atoms in total. The van der Waals surface area contributed by atoms with E-state index in [1.807, 2.05) is 24.3 Å². The summed E-state index contributed by atoms with van der Waals surface area (Å²) in [5.74, 6) is -0.282. The van der Waals surface area contributed by atoms with Crippen molar-refractivity contribution in [1.29, 1.82) is 0 Å². The largest absolute Gasteiger partial charge is 0.381 e. The van der Waals surface area contributed by atoms with Gasteiger partial charge in [-0.3, -0.25) is 0 Å². The minimum atomic E-state index is -0.282. The van der Waals surface area contributed by atoms with Gasteiger partial charge in [0.15, 0.2) is 0 Å². The third kappa shape index (κ3) is 3.33. The van der Waals surface area contributed by atoms with Crippen molar-refractivity contribution in [2.24, 2.45) is 0 Å². The predicted octanol–water partition coefficient (Wildman–Crippen LogP) is 4.70. The maximum absolute atomic E-state index is 13.5. The molecule has 0 fully saturated rings. The summed E-state index contributed by atoms with van der Waals surface area (Å²) >= 11 is 8.18. The Morgan fingerprint density at radius 2 is 1.82 bits per heavy atom. The molecule has 0 atom stereocenters. The van der Waals surface area contributed by atoms with Crippen LogP contribution in [0.3, 0.4) is 0 Å². The Morgan fingerprint density at radius 1 is 1.12 bits per heavy atom. The van der Waals surface area contributed by atoms with Crippen molar-refractivity contribution in [2.75, 3.05) is 5.32 Å². The minimum absolute atomic E-state index is 0.282. The first-order chi connectivity index (χ1) is 8.16. The van der Waals surface area contributed by atoms with E-state index >= 15 is 0 Å². The van der Waals surface area contributed by atoms with Crippen LogP contribution in [-0.2, 0) is 6.54 Å². The Bertz CT molecular complexity index is 493. The Balaban J connectivity index is 2.10. The molecule has 0 radical (unpaired) electrons. The van der Waals surface area contributed by atoms with Crippen LogP contribution in [0.15, 0.2) is 42.5 Å². The van der Waals surface area contributed by atoms with E-state index in [4.69, 9.17) is 11.6 Å². The van der Waals surface area contributed by atoms with Gasteiger partial charge in [-0.05, 0) is 59.0 Å². The molecule has 0 aliphatic heterocycles. The number of anilines is 1. The Hall–Kier alpha value is -0.810. The SMILES string of the molecule is Fc1cccc(Cl)c1CNc1ccc(I)cc1.